The first kappa shape index (κ1) is 12.3. The monoisotopic (exact) mass is 296 g/mol. The fraction of sp³-hybridized carbons (Fsp3) is 0.133. The van der Waals surface area contributed by atoms with Crippen molar-refractivity contribution in [3.63, 3.8) is 0 Å². The third-order valence-electron chi connectivity index (χ3n) is 3.83. The lowest BCUT2D eigenvalue weighted by Crippen LogP contribution is -2.14. The van der Waals surface area contributed by atoms with E-state index in [-0.39, 0.29) is 0 Å². The maximum Gasteiger partial charge on any atom is 0.248 e. The number of fused-ring (bicyclic) bond motifs is 3. The van der Waals surface area contributed by atoms with Gasteiger partial charge in [-0.05, 0) is 30.2 Å². The highest BCUT2D eigenvalue weighted by Crippen LogP contribution is 2.38. The maximum atomic E-state index is 11.4. The van der Waals surface area contributed by atoms with Crippen LogP contribution in [-0.4, -0.2) is 20.7 Å². The van der Waals surface area contributed by atoms with Crippen molar-refractivity contribution in [3.05, 3.63) is 47.1 Å². The van der Waals surface area contributed by atoms with Crippen LogP contribution in [0.1, 0.15) is 15.9 Å². The van der Waals surface area contributed by atoms with Crippen molar-refractivity contribution in [2.45, 2.75) is 13.0 Å². The summed E-state index contributed by atoms with van der Waals surface area (Å²) in [6, 6.07) is 7.73. The van der Waals surface area contributed by atoms with Gasteiger partial charge in [-0.25, -0.2) is 0 Å². The lowest BCUT2D eigenvalue weighted by Gasteiger charge is -2.21. The summed E-state index contributed by atoms with van der Waals surface area (Å²) in [6.07, 6.45) is 3.01. The summed E-state index contributed by atoms with van der Waals surface area (Å²) < 4.78 is 2.20. The number of carbonyl (C=O) groups excluding carboxylic acids is 1. The predicted octanol–water partition coefficient (Wildman–Crippen LogP) is 2.33. The molecule has 2 aromatic heterocycles. The van der Waals surface area contributed by atoms with E-state index in [0.29, 0.717) is 5.56 Å². The molecule has 2 N–H and O–H groups in total. The molecule has 1 aromatic carbocycles. The summed E-state index contributed by atoms with van der Waals surface area (Å²) in [5, 5.41) is 8.96. The number of aryl methyl sites for hydroxylation is 2. The van der Waals surface area contributed by atoms with E-state index in [0.717, 1.165) is 34.8 Å². The number of nitrogens with zero attached hydrogens (tertiary/aromatic N) is 3. The smallest absolute Gasteiger partial charge is 0.248 e. The molecule has 6 heteroatoms. The Morgan fingerprint density at radius 1 is 1.29 bits per heavy atom. The van der Waals surface area contributed by atoms with Crippen molar-refractivity contribution in [1.29, 1.82) is 0 Å². The molecule has 0 bridgehead atoms. The van der Waals surface area contributed by atoms with Crippen LogP contribution in [0.15, 0.2) is 36.0 Å². The molecular weight excluding hydrogens is 284 g/mol. The third kappa shape index (κ3) is 1.87. The summed E-state index contributed by atoms with van der Waals surface area (Å²) in [5.41, 5.74) is 12.1. The second-order valence-corrected chi connectivity index (χ2v) is 5.83. The molecule has 0 fully saturated rings. The number of carbonyl (C=O) groups is 1. The number of nitrogens with two attached hydrogens (primary N) is 1. The molecule has 0 radical (unpaired) electrons. The first-order valence-corrected chi connectivity index (χ1v) is 7.51. The lowest BCUT2D eigenvalue weighted by molar-refractivity contribution is 0.100. The van der Waals surface area contributed by atoms with Crippen LogP contribution in [0, 0.1) is 0 Å². The summed E-state index contributed by atoms with van der Waals surface area (Å²) in [6.45, 7) is 0.928. The minimum Gasteiger partial charge on any atom is -0.366 e. The molecule has 0 saturated heterocycles. The van der Waals surface area contributed by atoms with Crippen LogP contribution < -0.4 is 5.73 Å². The number of rotatable bonds is 2. The average Bonchev–Trinajstić information content (AvgIpc) is 3.15. The van der Waals surface area contributed by atoms with E-state index >= 15 is 0 Å². The Hall–Kier alpha value is -2.47. The molecule has 0 aliphatic carbocycles. The second-order valence-electron chi connectivity index (χ2n) is 5.00. The van der Waals surface area contributed by atoms with E-state index < -0.39 is 5.91 Å². The maximum absolute atomic E-state index is 11.4. The predicted molar refractivity (Wildman–Crippen MR) is 81.0 cm³/mol. The molecule has 4 rings (SSSR count). The minimum atomic E-state index is -0.404. The topological polar surface area (TPSA) is 73.8 Å². The zero-order valence-electron chi connectivity index (χ0n) is 11.1. The number of hydrogen-bond donors (Lipinski definition) is 1. The number of benzene rings is 1. The van der Waals surface area contributed by atoms with E-state index in [1.807, 2.05) is 12.1 Å². The van der Waals surface area contributed by atoms with Crippen molar-refractivity contribution < 1.29 is 4.79 Å². The van der Waals surface area contributed by atoms with Crippen molar-refractivity contribution in [1.82, 2.24) is 14.8 Å². The van der Waals surface area contributed by atoms with E-state index in [4.69, 9.17) is 5.73 Å². The molecule has 1 amide bonds. The summed E-state index contributed by atoms with van der Waals surface area (Å²) in [4.78, 5) is 11.4. The van der Waals surface area contributed by atoms with Gasteiger partial charge < -0.3 is 10.3 Å². The van der Waals surface area contributed by atoms with Gasteiger partial charge in [0.25, 0.3) is 0 Å². The third-order valence-corrected chi connectivity index (χ3v) is 4.55. The molecule has 3 heterocycles. The molecule has 1 aliphatic rings. The van der Waals surface area contributed by atoms with E-state index in [1.54, 1.807) is 11.6 Å². The summed E-state index contributed by atoms with van der Waals surface area (Å²) in [5.74, 6) is -0.404. The van der Waals surface area contributed by atoms with Gasteiger partial charge >= 0.3 is 0 Å². The first-order valence-electron chi connectivity index (χ1n) is 6.63. The molecule has 0 saturated carbocycles. The quantitative estimate of drug-likeness (QED) is 0.788. The van der Waals surface area contributed by atoms with Crippen LogP contribution in [0.3, 0.4) is 0 Å². The second kappa shape index (κ2) is 4.53. The van der Waals surface area contributed by atoms with Gasteiger partial charge in [-0.1, -0.05) is 17.4 Å². The first-order chi connectivity index (χ1) is 10.2. The van der Waals surface area contributed by atoms with Gasteiger partial charge in [0, 0.05) is 29.4 Å². The highest BCUT2D eigenvalue weighted by Gasteiger charge is 2.22. The van der Waals surface area contributed by atoms with Crippen LogP contribution in [0.4, 0.5) is 0 Å². The van der Waals surface area contributed by atoms with E-state index in [1.165, 1.54) is 16.9 Å². The molecular formula is C15H12N4OS. The van der Waals surface area contributed by atoms with Crippen LogP contribution in [0.5, 0.6) is 0 Å². The number of primary amides is 1. The van der Waals surface area contributed by atoms with Gasteiger partial charge in [0.15, 0.2) is 0 Å². The molecule has 0 spiro atoms. The normalized spacial score (nSPS) is 12.8. The van der Waals surface area contributed by atoms with E-state index in [2.05, 4.69) is 27.0 Å². The zero-order valence-corrected chi connectivity index (χ0v) is 11.9. The number of aromatic nitrogens is 3. The molecule has 21 heavy (non-hydrogen) atoms. The van der Waals surface area contributed by atoms with Gasteiger partial charge in [-0.2, -0.15) is 0 Å². The highest BCUT2D eigenvalue weighted by molar-refractivity contribution is 7.12. The zero-order chi connectivity index (χ0) is 14.4. The van der Waals surface area contributed by atoms with Gasteiger partial charge in [0.05, 0.1) is 5.69 Å². The summed E-state index contributed by atoms with van der Waals surface area (Å²) in [7, 11) is 0. The molecule has 104 valence electrons. The molecule has 3 aromatic rings. The fourth-order valence-electron chi connectivity index (χ4n) is 2.83. The summed E-state index contributed by atoms with van der Waals surface area (Å²) >= 11 is 1.51. The highest BCUT2D eigenvalue weighted by atomic mass is 32.1. The van der Waals surface area contributed by atoms with Crippen LogP contribution in [0.25, 0.3) is 21.8 Å². The Kier molecular flexibility index (Phi) is 2.65. The van der Waals surface area contributed by atoms with Crippen LogP contribution in [0.2, 0.25) is 0 Å². The SMILES string of the molecule is NC(=O)c1ccc2c(c1)-c1c(-c3nncs3)ccn1CC2. The Morgan fingerprint density at radius 2 is 2.19 bits per heavy atom. The van der Waals surface area contributed by atoms with Crippen molar-refractivity contribution in [2.75, 3.05) is 0 Å². The van der Waals surface area contributed by atoms with Crippen molar-refractivity contribution in [2.24, 2.45) is 5.73 Å². The molecule has 0 atom stereocenters. The van der Waals surface area contributed by atoms with Gasteiger partial charge in [0.1, 0.15) is 10.5 Å². The van der Waals surface area contributed by atoms with Gasteiger partial charge in [0.2, 0.25) is 5.91 Å². The standard InChI is InChI=1S/C15H12N4OS/c16-14(20)10-2-1-9-3-5-19-6-4-11(13(19)12(9)7-10)15-18-17-8-21-15/h1-2,4,6-8H,3,5H2,(H2,16,20). The van der Waals surface area contributed by atoms with Crippen LogP contribution >= 0.6 is 11.3 Å². The largest absolute Gasteiger partial charge is 0.366 e. The lowest BCUT2D eigenvalue weighted by atomic mass is 9.94. The van der Waals surface area contributed by atoms with E-state index in [9.17, 15) is 4.79 Å². The van der Waals surface area contributed by atoms with Gasteiger partial charge in [-0.15, -0.1) is 10.2 Å². The minimum absolute atomic E-state index is 0.404. The van der Waals surface area contributed by atoms with Crippen molar-refractivity contribution in [3.8, 4) is 21.8 Å². The molecule has 0 unspecified atom stereocenters. The Labute approximate surface area is 125 Å². The molecule has 1 aliphatic heterocycles. The molecule has 5 nitrogen and oxygen atoms in total. The van der Waals surface area contributed by atoms with Crippen molar-refractivity contribution >= 4 is 17.2 Å². The Bertz CT molecular complexity index is 835. The van der Waals surface area contributed by atoms with Gasteiger partial charge in [-0.3, -0.25) is 4.79 Å². The Morgan fingerprint density at radius 3 is 2.95 bits per heavy atom. The van der Waals surface area contributed by atoms with Crippen LogP contribution in [-0.2, 0) is 13.0 Å². The average molecular weight is 296 g/mol. The Balaban J connectivity index is 1.96. The number of hydrogen-bond acceptors (Lipinski definition) is 4. The fourth-order valence-corrected chi connectivity index (χ4v) is 3.41. The number of amides is 1.